The van der Waals surface area contributed by atoms with Gasteiger partial charge in [0.05, 0.1) is 16.1 Å². The molecule has 3 N–H and O–H groups in total. The van der Waals surface area contributed by atoms with Crippen molar-refractivity contribution in [3.63, 3.8) is 0 Å². The van der Waals surface area contributed by atoms with Gasteiger partial charge in [-0.25, -0.2) is 4.79 Å². The Labute approximate surface area is 148 Å². The van der Waals surface area contributed by atoms with Crippen molar-refractivity contribution in [2.24, 2.45) is 0 Å². The molecule has 0 bridgehead atoms. The number of rotatable bonds is 8. The summed E-state index contributed by atoms with van der Waals surface area (Å²) in [6.45, 7) is -0.501. The van der Waals surface area contributed by atoms with Gasteiger partial charge in [0, 0.05) is 12.6 Å². The molecule has 1 amide bonds. The van der Waals surface area contributed by atoms with Crippen LogP contribution >= 0.6 is 0 Å². The van der Waals surface area contributed by atoms with Crippen LogP contribution in [0.2, 0.25) is 0 Å². The number of amides is 1. The Bertz CT molecular complexity index is 822. The van der Waals surface area contributed by atoms with Crippen molar-refractivity contribution in [2.45, 2.75) is 6.10 Å². The normalized spacial score (nSPS) is 11.4. The molecule has 0 aliphatic heterocycles. The predicted octanol–water partition coefficient (Wildman–Crippen LogP) is 1.46. The van der Waals surface area contributed by atoms with Crippen LogP contribution in [0.15, 0.2) is 48.5 Å². The smallest absolute Gasteiger partial charge is 0.336 e. The predicted molar refractivity (Wildman–Crippen MR) is 90.3 cm³/mol. The number of aliphatic hydroxyl groups excluding tert-OH is 1. The van der Waals surface area contributed by atoms with Crippen molar-refractivity contribution in [3.05, 3.63) is 69.8 Å². The zero-order valence-corrected chi connectivity index (χ0v) is 13.5. The van der Waals surface area contributed by atoms with Crippen LogP contribution < -0.4 is 10.1 Å². The summed E-state index contributed by atoms with van der Waals surface area (Å²) in [7, 11) is 0. The number of benzene rings is 2. The number of aromatic carboxylic acids is 1. The van der Waals surface area contributed by atoms with Crippen molar-refractivity contribution in [1.29, 1.82) is 0 Å². The van der Waals surface area contributed by atoms with Gasteiger partial charge in [-0.05, 0) is 18.2 Å². The van der Waals surface area contributed by atoms with Gasteiger partial charge in [0.25, 0.3) is 5.91 Å². The first-order chi connectivity index (χ1) is 12.4. The fourth-order valence-corrected chi connectivity index (χ4v) is 2.15. The molecular weight excluding hydrogens is 344 g/mol. The molecule has 9 heteroatoms. The van der Waals surface area contributed by atoms with Crippen LogP contribution in [0.25, 0.3) is 0 Å². The molecule has 2 aromatic carbocycles. The van der Waals surface area contributed by atoms with Gasteiger partial charge in [-0.15, -0.1) is 0 Å². The lowest BCUT2D eigenvalue weighted by Crippen LogP contribution is -2.36. The molecule has 0 saturated heterocycles. The minimum atomic E-state index is -1.24. The van der Waals surface area contributed by atoms with E-state index in [1.165, 1.54) is 42.5 Å². The van der Waals surface area contributed by atoms with Crippen molar-refractivity contribution in [2.75, 3.05) is 13.2 Å². The Hall–Kier alpha value is -3.46. The van der Waals surface area contributed by atoms with E-state index < -0.39 is 22.9 Å². The fraction of sp³-hybridized carbons (Fsp3) is 0.176. The van der Waals surface area contributed by atoms with Crippen molar-refractivity contribution >= 4 is 17.6 Å². The van der Waals surface area contributed by atoms with Gasteiger partial charge in [0.1, 0.15) is 12.7 Å². The van der Waals surface area contributed by atoms with Crippen molar-refractivity contribution in [3.8, 4) is 5.75 Å². The quantitative estimate of drug-likeness (QED) is 0.478. The molecule has 0 aromatic heterocycles. The minimum absolute atomic E-state index is 0.000834. The van der Waals surface area contributed by atoms with E-state index in [0.29, 0.717) is 0 Å². The highest BCUT2D eigenvalue weighted by Gasteiger charge is 2.18. The third-order valence-corrected chi connectivity index (χ3v) is 3.39. The van der Waals surface area contributed by atoms with E-state index in [2.05, 4.69) is 5.32 Å². The highest BCUT2D eigenvalue weighted by Crippen LogP contribution is 2.25. The second-order valence-corrected chi connectivity index (χ2v) is 5.25. The first kappa shape index (κ1) is 18.9. The average molecular weight is 360 g/mol. The number of nitro benzene ring substituents is 1. The Balaban J connectivity index is 1.92. The number of para-hydroxylation sites is 2. The first-order valence-corrected chi connectivity index (χ1v) is 7.55. The summed E-state index contributed by atoms with van der Waals surface area (Å²) in [4.78, 5) is 33.5. The summed E-state index contributed by atoms with van der Waals surface area (Å²) in [6, 6.07) is 11.4. The molecule has 0 saturated carbocycles. The first-order valence-electron chi connectivity index (χ1n) is 7.55. The van der Waals surface area contributed by atoms with Crippen LogP contribution in [0.3, 0.4) is 0 Å². The Morgan fingerprint density at radius 1 is 1.12 bits per heavy atom. The highest BCUT2D eigenvalue weighted by atomic mass is 16.6. The number of aliphatic hydroxyl groups is 1. The molecular formula is C17H16N2O7. The largest absolute Gasteiger partial charge is 0.484 e. The van der Waals surface area contributed by atoms with E-state index in [9.17, 15) is 24.8 Å². The molecule has 0 aliphatic rings. The summed E-state index contributed by atoms with van der Waals surface area (Å²) in [6.07, 6.45) is -1.14. The monoisotopic (exact) mass is 360 g/mol. The minimum Gasteiger partial charge on any atom is -0.484 e. The standard InChI is InChI=1S/C17H16N2O7/c20-11(10-26-15-8-4-3-7-14(15)19(24)25)9-18-16(21)12-5-1-2-6-13(12)17(22)23/h1-8,11,20H,9-10H2,(H,18,21)(H,22,23)/t11-/m0/s1. The lowest BCUT2D eigenvalue weighted by atomic mass is 10.1. The SMILES string of the molecule is O=C(O)c1ccccc1C(=O)NC[C@H](O)COc1ccccc1[N+](=O)[O-]. The second-order valence-electron chi connectivity index (χ2n) is 5.25. The number of nitrogens with zero attached hydrogens (tertiary/aromatic N) is 1. The van der Waals surface area contributed by atoms with Gasteiger partial charge >= 0.3 is 11.7 Å². The van der Waals surface area contributed by atoms with Gasteiger partial charge < -0.3 is 20.3 Å². The number of carbonyl (C=O) groups excluding carboxylic acids is 1. The van der Waals surface area contributed by atoms with Crippen molar-refractivity contribution < 1.29 is 29.5 Å². The number of carbonyl (C=O) groups is 2. The third-order valence-electron chi connectivity index (χ3n) is 3.39. The van der Waals surface area contributed by atoms with Crippen LogP contribution in [0.4, 0.5) is 5.69 Å². The number of nitrogens with one attached hydrogen (secondary N) is 1. The van der Waals surface area contributed by atoms with E-state index in [-0.39, 0.29) is 35.7 Å². The Morgan fingerprint density at radius 2 is 1.73 bits per heavy atom. The average Bonchev–Trinajstić information content (AvgIpc) is 2.64. The molecule has 0 fully saturated rings. The molecule has 2 rings (SSSR count). The van der Waals surface area contributed by atoms with E-state index in [4.69, 9.17) is 9.84 Å². The topological polar surface area (TPSA) is 139 Å². The summed E-state index contributed by atoms with van der Waals surface area (Å²) in [5, 5.41) is 32.2. The molecule has 9 nitrogen and oxygen atoms in total. The van der Waals surface area contributed by atoms with Crippen LogP contribution in [0, 0.1) is 10.1 Å². The molecule has 2 aromatic rings. The molecule has 0 radical (unpaired) electrons. The molecule has 26 heavy (non-hydrogen) atoms. The summed E-state index contributed by atoms with van der Waals surface area (Å²) in [5.74, 6) is -1.90. The molecule has 0 aliphatic carbocycles. The molecule has 0 heterocycles. The van der Waals surface area contributed by atoms with Crippen LogP contribution in [-0.4, -0.2) is 46.3 Å². The summed E-state index contributed by atoms with van der Waals surface area (Å²) >= 11 is 0. The number of nitro groups is 1. The zero-order chi connectivity index (χ0) is 19.1. The number of ether oxygens (including phenoxy) is 1. The number of carboxylic acid groups (broad SMARTS) is 1. The molecule has 0 spiro atoms. The van der Waals surface area contributed by atoms with Gasteiger partial charge in [-0.1, -0.05) is 24.3 Å². The van der Waals surface area contributed by atoms with Crippen LogP contribution in [0.1, 0.15) is 20.7 Å². The van der Waals surface area contributed by atoms with E-state index >= 15 is 0 Å². The second kappa shape index (κ2) is 8.58. The van der Waals surface area contributed by atoms with Crippen LogP contribution in [-0.2, 0) is 0 Å². The fourth-order valence-electron chi connectivity index (χ4n) is 2.15. The number of hydrogen-bond donors (Lipinski definition) is 3. The van der Waals surface area contributed by atoms with Crippen LogP contribution in [0.5, 0.6) is 5.75 Å². The summed E-state index contributed by atoms with van der Waals surface area (Å²) < 4.78 is 5.22. The molecule has 136 valence electrons. The maximum atomic E-state index is 12.1. The Kier molecular flexibility index (Phi) is 6.23. The number of hydrogen-bond acceptors (Lipinski definition) is 6. The maximum Gasteiger partial charge on any atom is 0.336 e. The maximum absolute atomic E-state index is 12.1. The van der Waals surface area contributed by atoms with Gasteiger partial charge in [0.15, 0.2) is 5.75 Å². The molecule has 1 atom stereocenters. The van der Waals surface area contributed by atoms with E-state index in [1.54, 1.807) is 6.07 Å². The van der Waals surface area contributed by atoms with E-state index in [0.717, 1.165) is 0 Å². The van der Waals surface area contributed by atoms with Gasteiger partial charge in [-0.2, -0.15) is 0 Å². The van der Waals surface area contributed by atoms with Crippen molar-refractivity contribution in [1.82, 2.24) is 5.32 Å². The summed E-state index contributed by atoms with van der Waals surface area (Å²) in [5.41, 5.74) is -0.429. The Morgan fingerprint density at radius 3 is 2.38 bits per heavy atom. The van der Waals surface area contributed by atoms with Gasteiger partial charge in [0.2, 0.25) is 0 Å². The zero-order valence-electron chi connectivity index (χ0n) is 13.5. The lowest BCUT2D eigenvalue weighted by molar-refractivity contribution is -0.385. The highest BCUT2D eigenvalue weighted by molar-refractivity contribution is 6.04. The van der Waals surface area contributed by atoms with E-state index in [1.807, 2.05) is 0 Å². The third kappa shape index (κ3) is 4.77. The molecule has 0 unspecified atom stereocenters. The lowest BCUT2D eigenvalue weighted by Gasteiger charge is -2.14. The van der Waals surface area contributed by atoms with Gasteiger partial charge in [-0.3, -0.25) is 14.9 Å². The number of carboxylic acids is 1.